The largest absolute Gasteiger partial charge is 0.360 e. The average molecular weight is 420 g/mol. The number of rotatable bonds is 7. The normalized spacial score (nSPS) is 12.2. The van der Waals surface area contributed by atoms with Crippen molar-refractivity contribution in [3.63, 3.8) is 0 Å². The molecule has 0 aliphatic rings. The maximum Gasteiger partial charge on any atom is 0.233 e. The van der Waals surface area contributed by atoms with E-state index in [0.29, 0.717) is 11.7 Å². The first-order valence-electron chi connectivity index (χ1n) is 10.1. The molecule has 2 N–H and O–H groups in total. The molecule has 2 heterocycles. The van der Waals surface area contributed by atoms with Crippen molar-refractivity contribution in [2.45, 2.75) is 37.6 Å². The first-order valence-corrected chi connectivity index (χ1v) is 11.0. The van der Waals surface area contributed by atoms with E-state index >= 15 is 0 Å². The number of carbonyl (C=O) groups excluding carboxylic acids is 1. The van der Waals surface area contributed by atoms with Crippen LogP contribution in [0.4, 0.5) is 0 Å². The summed E-state index contributed by atoms with van der Waals surface area (Å²) in [6.07, 6.45) is 2.88. The lowest BCUT2D eigenvalue weighted by Gasteiger charge is -2.15. The highest BCUT2D eigenvalue weighted by atomic mass is 32.2. The van der Waals surface area contributed by atoms with E-state index < -0.39 is 0 Å². The number of nitrogens with one attached hydrogen (secondary N) is 2. The van der Waals surface area contributed by atoms with E-state index in [1.54, 1.807) is 0 Å². The van der Waals surface area contributed by atoms with Crippen LogP contribution in [0.1, 0.15) is 25.8 Å². The van der Waals surface area contributed by atoms with Gasteiger partial charge in [0.15, 0.2) is 11.0 Å². The first kappa shape index (κ1) is 20.2. The fourth-order valence-electron chi connectivity index (χ4n) is 3.41. The molecule has 0 saturated carbocycles. The molecular formula is C23H25N5OS. The van der Waals surface area contributed by atoms with Crippen LogP contribution >= 0.6 is 11.8 Å². The van der Waals surface area contributed by atoms with Gasteiger partial charge in [0.25, 0.3) is 0 Å². The summed E-state index contributed by atoms with van der Waals surface area (Å²) in [6, 6.07) is 16.3. The van der Waals surface area contributed by atoms with Gasteiger partial charge in [-0.1, -0.05) is 55.1 Å². The summed E-state index contributed by atoms with van der Waals surface area (Å²) >= 11 is 1.42. The van der Waals surface area contributed by atoms with Crippen LogP contribution in [0.2, 0.25) is 0 Å². The highest BCUT2D eigenvalue weighted by molar-refractivity contribution is 8.00. The van der Waals surface area contributed by atoms with Gasteiger partial charge in [0, 0.05) is 29.2 Å². The van der Waals surface area contributed by atoms with Crippen molar-refractivity contribution in [3.8, 4) is 17.1 Å². The zero-order valence-corrected chi connectivity index (χ0v) is 18.2. The van der Waals surface area contributed by atoms with Gasteiger partial charge in [-0.15, -0.1) is 10.2 Å². The zero-order valence-electron chi connectivity index (χ0n) is 17.3. The molecule has 1 atom stereocenters. The maximum atomic E-state index is 12.4. The number of nitrogens with zero attached hydrogens (tertiary/aromatic N) is 3. The number of aromatic nitrogens is 4. The number of hydrogen-bond acceptors (Lipinski definition) is 4. The van der Waals surface area contributed by atoms with E-state index in [1.165, 1.54) is 11.8 Å². The van der Waals surface area contributed by atoms with Gasteiger partial charge in [-0.25, -0.2) is 0 Å². The summed E-state index contributed by atoms with van der Waals surface area (Å²) in [7, 11) is 0. The third-order valence-electron chi connectivity index (χ3n) is 5.02. The molecule has 0 fully saturated rings. The van der Waals surface area contributed by atoms with Gasteiger partial charge in [-0.05, 0) is 38.0 Å². The molecule has 0 aliphatic carbocycles. The first-order chi connectivity index (χ1) is 14.6. The van der Waals surface area contributed by atoms with Gasteiger partial charge < -0.3 is 10.3 Å². The molecule has 0 spiro atoms. The van der Waals surface area contributed by atoms with E-state index in [2.05, 4.69) is 50.2 Å². The standard InChI is InChI=1S/C23H25N5OS/c1-4-13-24-22(29)16(3)30-23-27-26-21(28(23)20-12-8-5-9-15(20)2)18-14-25-19-11-7-6-10-17(18)19/h5-12,14,16,25H,4,13H2,1-3H3,(H,24,29). The van der Waals surface area contributed by atoms with Gasteiger partial charge in [0.05, 0.1) is 10.9 Å². The molecule has 154 valence electrons. The number of carbonyl (C=O) groups is 1. The van der Waals surface area contributed by atoms with Crippen LogP contribution in [0.3, 0.4) is 0 Å². The number of H-pyrrole nitrogens is 1. The van der Waals surface area contributed by atoms with Gasteiger partial charge >= 0.3 is 0 Å². The summed E-state index contributed by atoms with van der Waals surface area (Å²) in [5.74, 6) is 0.764. The number of aryl methyl sites for hydroxylation is 1. The predicted octanol–water partition coefficient (Wildman–Crippen LogP) is 4.73. The maximum absolute atomic E-state index is 12.4. The van der Waals surface area contributed by atoms with Crippen molar-refractivity contribution in [2.24, 2.45) is 0 Å². The van der Waals surface area contributed by atoms with Gasteiger partial charge in [-0.2, -0.15) is 0 Å². The Morgan fingerprint density at radius 2 is 1.93 bits per heavy atom. The van der Waals surface area contributed by atoms with Crippen molar-refractivity contribution >= 4 is 28.6 Å². The average Bonchev–Trinajstić information content (AvgIpc) is 3.36. The summed E-state index contributed by atoms with van der Waals surface area (Å²) < 4.78 is 2.05. The SMILES string of the molecule is CCCNC(=O)C(C)Sc1nnc(-c2c[nH]c3ccccc23)n1-c1ccccc1C. The van der Waals surface area contributed by atoms with Crippen LogP contribution in [-0.4, -0.2) is 37.5 Å². The summed E-state index contributed by atoms with van der Waals surface area (Å²) in [6.45, 7) is 6.69. The van der Waals surface area contributed by atoms with Crippen molar-refractivity contribution in [1.29, 1.82) is 0 Å². The topological polar surface area (TPSA) is 75.6 Å². The molecule has 2 aromatic carbocycles. The van der Waals surface area contributed by atoms with E-state index in [-0.39, 0.29) is 11.2 Å². The predicted molar refractivity (Wildman–Crippen MR) is 122 cm³/mol. The third kappa shape index (κ3) is 3.85. The molecule has 4 rings (SSSR count). The van der Waals surface area contributed by atoms with E-state index in [4.69, 9.17) is 0 Å². The van der Waals surface area contributed by atoms with Crippen molar-refractivity contribution in [3.05, 3.63) is 60.3 Å². The Bertz CT molecular complexity index is 1180. The number of aromatic amines is 1. The number of benzene rings is 2. The second-order valence-corrected chi connectivity index (χ2v) is 8.54. The Morgan fingerprint density at radius 3 is 2.73 bits per heavy atom. The minimum Gasteiger partial charge on any atom is -0.360 e. The number of para-hydroxylation sites is 2. The lowest BCUT2D eigenvalue weighted by Crippen LogP contribution is -2.31. The number of hydrogen-bond donors (Lipinski definition) is 2. The van der Waals surface area contributed by atoms with E-state index in [1.807, 2.05) is 50.4 Å². The van der Waals surface area contributed by atoms with Crippen LogP contribution < -0.4 is 5.32 Å². The minimum absolute atomic E-state index is 0.00910. The molecule has 1 amide bonds. The Kier molecular flexibility index (Phi) is 5.90. The molecule has 1 unspecified atom stereocenters. The molecule has 0 bridgehead atoms. The van der Waals surface area contributed by atoms with Crippen LogP contribution in [0.25, 0.3) is 28.0 Å². The van der Waals surface area contributed by atoms with Crippen LogP contribution in [-0.2, 0) is 4.79 Å². The number of thioether (sulfide) groups is 1. The molecule has 7 heteroatoms. The Labute approximate surface area is 180 Å². The van der Waals surface area contributed by atoms with Crippen molar-refractivity contribution in [1.82, 2.24) is 25.1 Å². The number of fused-ring (bicyclic) bond motifs is 1. The Morgan fingerprint density at radius 1 is 1.17 bits per heavy atom. The fourth-order valence-corrected chi connectivity index (χ4v) is 4.30. The van der Waals surface area contributed by atoms with Gasteiger partial charge in [-0.3, -0.25) is 9.36 Å². The second kappa shape index (κ2) is 8.75. The monoisotopic (exact) mass is 419 g/mol. The smallest absolute Gasteiger partial charge is 0.233 e. The molecular weight excluding hydrogens is 394 g/mol. The highest BCUT2D eigenvalue weighted by Crippen LogP contribution is 2.34. The molecule has 2 aromatic heterocycles. The molecule has 6 nitrogen and oxygen atoms in total. The lowest BCUT2D eigenvalue weighted by atomic mass is 10.1. The van der Waals surface area contributed by atoms with Gasteiger partial charge in [0.1, 0.15) is 0 Å². The van der Waals surface area contributed by atoms with Crippen molar-refractivity contribution in [2.75, 3.05) is 6.54 Å². The van der Waals surface area contributed by atoms with Crippen LogP contribution in [0, 0.1) is 6.92 Å². The summed E-state index contributed by atoms with van der Waals surface area (Å²) in [5, 5.41) is 13.5. The number of amides is 1. The summed E-state index contributed by atoms with van der Waals surface area (Å²) in [4.78, 5) is 15.8. The molecule has 0 saturated heterocycles. The Balaban J connectivity index is 1.80. The van der Waals surface area contributed by atoms with E-state index in [9.17, 15) is 4.79 Å². The van der Waals surface area contributed by atoms with Gasteiger partial charge in [0.2, 0.25) is 5.91 Å². The molecule has 30 heavy (non-hydrogen) atoms. The third-order valence-corrected chi connectivity index (χ3v) is 6.06. The highest BCUT2D eigenvalue weighted by Gasteiger charge is 2.23. The second-order valence-electron chi connectivity index (χ2n) is 7.23. The zero-order chi connectivity index (χ0) is 21.1. The quantitative estimate of drug-likeness (QED) is 0.425. The minimum atomic E-state index is -0.278. The van der Waals surface area contributed by atoms with E-state index in [0.717, 1.165) is 40.0 Å². The summed E-state index contributed by atoms with van der Waals surface area (Å²) in [5.41, 5.74) is 4.15. The Hall–Kier alpha value is -3.06. The molecule has 0 radical (unpaired) electrons. The van der Waals surface area contributed by atoms with Crippen LogP contribution in [0.15, 0.2) is 59.9 Å². The van der Waals surface area contributed by atoms with Crippen molar-refractivity contribution < 1.29 is 4.79 Å². The fraction of sp³-hybridized carbons (Fsp3) is 0.261. The molecule has 0 aliphatic heterocycles. The van der Waals surface area contributed by atoms with Crippen LogP contribution in [0.5, 0.6) is 0 Å². The lowest BCUT2D eigenvalue weighted by molar-refractivity contribution is -0.120. The molecule has 4 aromatic rings.